The summed E-state index contributed by atoms with van der Waals surface area (Å²) in [5.74, 6) is -0.0680. The van der Waals surface area contributed by atoms with E-state index in [1.165, 1.54) is 29.1 Å². The molecule has 1 atom stereocenters. The van der Waals surface area contributed by atoms with Crippen LogP contribution in [0.2, 0.25) is 0 Å². The Morgan fingerprint density at radius 2 is 2.22 bits per heavy atom. The fourth-order valence-corrected chi connectivity index (χ4v) is 5.34. The quantitative estimate of drug-likeness (QED) is 0.720. The van der Waals surface area contributed by atoms with Crippen LogP contribution in [0.5, 0.6) is 0 Å². The summed E-state index contributed by atoms with van der Waals surface area (Å²) in [7, 11) is 3.48. The lowest BCUT2D eigenvalue weighted by Crippen LogP contribution is -2.33. The van der Waals surface area contributed by atoms with E-state index in [1.807, 2.05) is 17.8 Å². The van der Waals surface area contributed by atoms with Gasteiger partial charge in [-0.3, -0.25) is 14.7 Å². The average molecular weight is 402 g/mol. The fourth-order valence-electron chi connectivity index (χ4n) is 3.59. The Balaban J connectivity index is 1.66. The van der Waals surface area contributed by atoms with Crippen molar-refractivity contribution < 1.29 is 4.79 Å². The van der Waals surface area contributed by atoms with Crippen LogP contribution in [-0.2, 0) is 6.54 Å². The molecule has 0 aromatic carbocycles. The first kappa shape index (κ1) is 18.3. The minimum absolute atomic E-state index is 0.0680. The van der Waals surface area contributed by atoms with Gasteiger partial charge in [0.25, 0.3) is 5.91 Å². The van der Waals surface area contributed by atoms with E-state index in [1.54, 1.807) is 30.3 Å². The maximum absolute atomic E-state index is 12.4. The van der Waals surface area contributed by atoms with Gasteiger partial charge in [0.15, 0.2) is 0 Å². The van der Waals surface area contributed by atoms with Crippen molar-refractivity contribution in [3.8, 4) is 0 Å². The smallest absolute Gasteiger partial charge is 0.265 e. The number of fused-ring (bicyclic) bond motifs is 1. The normalized spacial score (nSPS) is 18.1. The number of nitrogens with two attached hydrogens (primary N) is 1. The van der Waals surface area contributed by atoms with E-state index >= 15 is 0 Å². The van der Waals surface area contributed by atoms with Gasteiger partial charge in [-0.2, -0.15) is 0 Å². The van der Waals surface area contributed by atoms with Gasteiger partial charge in [-0.15, -0.1) is 22.7 Å². The number of pyridine rings is 1. The number of carbonyl (C=O) groups is 1. The molecule has 1 saturated heterocycles. The minimum Gasteiger partial charge on any atom is -0.397 e. The summed E-state index contributed by atoms with van der Waals surface area (Å²) in [4.78, 5) is 28.2. The van der Waals surface area contributed by atoms with Crippen molar-refractivity contribution in [2.45, 2.75) is 31.8 Å². The Kier molecular flexibility index (Phi) is 5.12. The van der Waals surface area contributed by atoms with Crippen LogP contribution in [0.1, 0.15) is 45.5 Å². The number of hydrogen-bond acceptors (Lipinski definition) is 7. The lowest BCUT2D eigenvalue weighted by Gasteiger charge is -2.35. The molecule has 6 nitrogen and oxygen atoms in total. The highest BCUT2D eigenvalue weighted by Crippen LogP contribution is 2.37. The van der Waals surface area contributed by atoms with E-state index in [0.717, 1.165) is 35.4 Å². The van der Waals surface area contributed by atoms with Crippen molar-refractivity contribution >= 4 is 44.5 Å². The third-order valence-corrected chi connectivity index (χ3v) is 6.88. The largest absolute Gasteiger partial charge is 0.397 e. The number of rotatable bonds is 4. The van der Waals surface area contributed by atoms with E-state index in [0.29, 0.717) is 16.6 Å². The predicted octanol–water partition coefficient (Wildman–Crippen LogP) is 3.76. The molecular weight excluding hydrogens is 378 g/mol. The molecule has 0 radical (unpaired) electrons. The van der Waals surface area contributed by atoms with E-state index in [4.69, 9.17) is 10.7 Å². The maximum atomic E-state index is 12.4. The first-order valence-corrected chi connectivity index (χ1v) is 10.8. The number of carbonyl (C=O) groups excluding carboxylic acids is 1. The fraction of sp³-hybridized carbons (Fsp3) is 0.421. The summed E-state index contributed by atoms with van der Waals surface area (Å²) in [6.07, 6.45) is 5.47. The SMILES string of the molecule is CN(C)C(=O)c1sc2nc([C@H]3CCCCN3Cc3cncs3)ccc2c1N. The number of anilines is 1. The van der Waals surface area contributed by atoms with Crippen LogP contribution in [0.15, 0.2) is 23.8 Å². The van der Waals surface area contributed by atoms with Crippen molar-refractivity contribution in [1.29, 1.82) is 0 Å². The highest BCUT2D eigenvalue weighted by Gasteiger charge is 2.27. The van der Waals surface area contributed by atoms with Gasteiger partial charge >= 0.3 is 0 Å². The first-order chi connectivity index (χ1) is 13.0. The lowest BCUT2D eigenvalue weighted by molar-refractivity contribution is 0.0833. The summed E-state index contributed by atoms with van der Waals surface area (Å²) in [6, 6.07) is 4.39. The molecule has 1 amide bonds. The van der Waals surface area contributed by atoms with Crippen LogP contribution >= 0.6 is 22.7 Å². The minimum atomic E-state index is -0.0680. The second-order valence-electron chi connectivity index (χ2n) is 7.08. The number of piperidine rings is 1. The number of hydrogen-bond donors (Lipinski definition) is 1. The van der Waals surface area contributed by atoms with E-state index in [-0.39, 0.29) is 5.91 Å². The standard InChI is InChI=1S/C19H23N5OS2/c1-23(2)19(25)17-16(20)13-6-7-14(22-18(13)27-17)15-5-3-4-8-24(15)10-12-9-21-11-26-12/h6-7,9,11,15H,3-5,8,10,20H2,1-2H3/t15-/m1/s1. The Hall–Kier alpha value is -2.03. The molecule has 4 rings (SSSR count). The zero-order chi connectivity index (χ0) is 19.0. The topological polar surface area (TPSA) is 75.4 Å². The summed E-state index contributed by atoms with van der Waals surface area (Å²) >= 11 is 3.09. The average Bonchev–Trinajstić information content (AvgIpc) is 3.29. The van der Waals surface area contributed by atoms with Gasteiger partial charge in [-0.1, -0.05) is 6.42 Å². The van der Waals surface area contributed by atoms with Gasteiger partial charge in [0.2, 0.25) is 0 Å². The molecule has 0 unspecified atom stereocenters. The van der Waals surface area contributed by atoms with Crippen LogP contribution in [0, 0.1) is 0 Å². The molecular formula is C19H23N5OS2. The second kappa shape index (κ2) is 7.53. The molecule has 2 N–H and O–H groups in total. The molecule has 142 valence electrons. The number of amides is 1. The number of nitrogens with zero attached hydrogens (tertiary/aromatic N) is 4. The molecule has 0 bridgehead atoms. The number of nitrogen functional groups attached to an aromatic ring is 1. The van der Waals surface area contributed by atoms with Crippen molar-refractivity contribution in [3.63, 3.8) is 0 Å². The van der Waals surface area contributed by atoms with E-state index < -0.39 is 0 Å². The summed E-state index contributed by atoms with van der Waals surface area (Å²) in [6.45, 7) is 1.98. The van der Waals surface area contributed by atoms with Crippen LogP contribution in [0.4, 0.5) is 5.69 Å². The first-order valence-electron chi connectivity index (χ1n) is 9.06. The molecule has 8 heteroatoms. The number of thiazole rings is 1. The lowest BCUT2D eigenvalue weighted by atomic mass is 9.98. The molecule has 0 saturated carbocycles. The molecule has 1 aliphatic rings. The zero-order valence-electron chi connectivity index (χ0n) is 15.5. The molecule has 1 aliphatic heterocycles. The van der Waals surface area contributed by atoms with Crippen LogP contribution in [0.25, 0.3) is 10.2 Å². The Morgan fingerprint density at radius 3 is 2.96 bits per heavy atom. The molecule has 0 spiro atoms. The maximum Gasteiger partial charge on any atom is 0.265 e. The highest BCUT2D eigenvalue weighted by molar-refractivity contribution is 7.21. The Labute approximate surface area is 166 Å². The van der Waals surface area contributed by atoms with E-state index in [9.17, 15) is 4.79 Å². The monoisotopic (exact) mass is 401 g/mol. The van der Waals surface area contributed by atoms with Crippen LogP contribution < -0.4 is 5.73 Å². The van der Waals surface area contributed by atoms with Crippen molar-refractivity contribution in [1.82, 2.24) is 19.8 Å². The molecule has 1 fully saturated rings. The number of likely N-dealkylation sites (tertiary alicyclic amines) is 1. The molecule has 27 heavy (non-hydrogen) atoms. The molecule has 3 aromatic heterocycles. The summed E-state index contributed by atoms with van der Waals surface area (Å²) < 4.78 is 0. The third kappa shape index (κ3) is 3.56. The number of thiophene rings is 1. The van der Waals surface area contributed by atoms with Gasteiger partial charge in [0.05, 0.1) is 22.9 Å². The van der Waals surface area contributed by atoms with Gasteiger partial charge in [-0.25, -0.2) is 4.98 Å². The molecule has 3 aromatic rings. The van der Waals surface area contributed by atoms with Crippen molar-refractivity contribution in [2.75, 3.05) is 26.4 Å². The second-order valence-corrected chi connectivity index (χ2v) is 9.05. The van der Waals surface area contributed by atoms with Gasteiger partial charge in [0.1, 0.15) is 9.71 Å². The third-order valence-electron chi connectivity index (χ3n) is 5.01. The van der Waals surface area contributed by atoms with Crippen molar-refractivity contribution in [3.05, 3.63) is 39.3 Å². The molecule has 4 heterocycles. The van der Waals surface area contributed by atoms with E-state index in [2.05, 4.69) is 16.0 Å². The zero-order valence-corrected chi connectivity index (χ0v) is 17.1. The van der Waals surface area contributed by atoms with Gasteiger partial charge in [0, 0.05) is 37.1 Å². The van der Waals surface area contributed by atoms with Gasteiger partial charge in [-0.05, 0) is 31.5 Å². The van der Waals surface area contributed by atoms with Gasteiger partial charge < -0.3 is 10.6 Å². The van der Waals surface area contributed by atoms with Crippen molar-refractivity contribution in [2.24, 2.45) is 0 Å². The molecule has 0 aliphatic carbocycles. The summed E-state index contributed by atoms with van der Waals surface area (Å²) in [5.41, 5.74) is 9.72. The Morgan fingerprint density at radius 1 is 1.37 bits per heavy atom. The number of aromatic nitrogens is 2. The predicted molar refractivity (Wildman–Crippen MR) is 111 cm³/mol. The summed E-state index contributed by atoms with van der Waals surface area (Å²) in [5, 5.41) is 0.874. The Bertz CT molecular complexity index is 951. The van der Waals surface area contributed by atoms with Crippen LogP contribution in [-0.4, -0.2) is 46.3 Å². The van der Waals surface area contributed by atoms with Crippen LogP contribution in [0.3, 0.4) is 0 Å². The highest BCUT2D eigenvalue weighted by atomic mass is 32.1.